The van der Waals surface area contributed by atoms with E-state index in [-0.39, 0.29) is 11.0 Å². The fourth-order valence-electron chi connectivity index (χ4n) is 2.44. The summed E-state index contributed by atoms with van der Waals surface area (Å²) in [7, 11) is -4.31. The van der Waals surface area contributed by atoms with Gasteiger partial charge >= 0.3 is 5.97 Å². The second-order valence-electron chi connectivity index (χ2n) is 5.23. The first kappa shape index (κ1) is 17.3. The Kier molecular flexibility index (Phi) is 4.88. The molecule has 0 aromatic heterocycles. The molecule has 1 aromatic rings. The van der Waals surface area contributed by atoms with Crippen LogP contribution < -0.4 is 0 Å². The molecule has 1 heterocycles. The molecule has 122 valence electrons. The lowest BCUT2D eigenvalue weighted by Gasteiger charge is -2.35. The Hall–Kier alpha value is -1.06. The van der Waals surface area contributed by atoms with Crippen LogP contribution in [0.5, 0.6) is 0 Å². The van der Waals surface area contributed by atoms with Crippen LogP contribution in [0.3, 0.4) is 0 Å². The number of piperidine rings is 1. The summed E-state index contributed by atoms with van der Waals surface area (Å²) in [6.07, 6.45) is 0.691. The van der Waals surface area contributed by atoms with Crippen molar-refractivity contribution in [2.75, 3.05) is 6.54 Å². The number of carboxylic acid groups (broad SMARTS) is 1. The summed E-state index contributed by atoms with van der Waals surface area (Å²) in [6, 6.07) is 0.865. The molecule has 1 aliphatic rings. The van der Waals surface area contributed by atoms with Gasteiger partial charge in [-0.3, -0.25) is 4.79 Å². The van der Waals surface area contributed by atoms with Crippen LogP contribution in [0.25, 0.3) is 0 Å². The molecule has 1 fully saturated rings. The maximum Gasteiger partial charge on any atom is 0.307 e. The third kappa shape index (κ3) is 3.16. The van der Waals surface area contributed by atoms with Gasteiger partial charge in [0.2, 0.25) is 10.0 Å². The quantitative estimate of drug-likeness (QED) is 0.795. The van der Waals surface area contributed by atoms with Crippen LogP contribution in [-0.4, -0.2) is 36.4 Å². The Morgan fingerprint density at radius 3 is 2.55 bits per heavy atom. The summed E-state index contributed by atoms with van der Waals surface area (Å²) in [6.45, 7) is 1.36. The van der Waals surface area contributed by atoms with Crippen molar-refractivity contribution in [1.82, 2.24) is 4.31 Å². The number of nitrogens with zero attached hydrogens (tertiary/aromatic N) is 1. The topological polar surface area (TPSA) is 74.7 Å². The van der Waals surface area contributed by atoms with Crippen LogP contribution >= 0.6 is 15.9 Å². The van der Waals surface area contributed by atoms with E-state index in [0.717, 1.165) is 10.4 Å². The molecular formula is C13H14BrF2NO4S. The lowest BCUT2D eigenvalue weighted by Crippen LogP contribution is -2.47. The Labute approximate surface area is 135 Å². The van der Waals surface area contributed by atoms with Gasteiger partial charge in [0.1, 0.15) is 16.5 Å². The van der Waals surface area contributed by atoms with Gasteiger partial charge in [0, 0.05) is 12.6 Å². The van der Waals surface area contributed by atoms with E-state index in [9.17, 15) is 22.0 Å². The SMILES string of the molecule is CC1CCC(C(=O)O)CN1S(=O)(=O)c1cc(F)c(Br)cc1F. The zero-order chi connectivity index (χ0) is 16.7. The minimum atomic E-state index is -4.31. The van der Waals surface area contributed by atoms with Crippen molar-refractivity contribution in [1.29, 1.82) is 0 Å². The average molecular weight is 398 g/mol. The van der Waals surface area contributed by atoms with Gasteiger partial charge in [-0.25, -0.2) is 17.2 Å². The summed E-state index contributed by atoms with van der Waals surface area (Å²) >= 11 is 2.78. The highest BCUT2D eigenvalue weighted by Gasteiger charge is 2.38. The number of halogens is 3. The highest BCUT2D eigenvalue weighted by Crippen LogP contribution is 2.31. The van der Waals surface area contributed by atoms with Crippen LogP contribution in [-0.2, 0) is 14.8 Å². The molecule has 1 saturated heterocycles. The zero-order valence-corrected chi connectivity index (χ0v) is 14.0. The normalized spacial score (nSPS) is 23.5. The predicted molar refractivity (Wildman–Crippen MR) is 77.8 cm³/mol. The lowest BCUT2D eigenvalue weighted by molar-refractivity contribution is -0.143. The Balaban J connectivity index is 2.45. The van der Waals surface area contributed by atoms with Crippen molar-refractivity contribution >= 4 is 31.9 Å². The van der Waals surface area contributed by atoms with E-state index in [4.69, 9.17) is 5.11 Å². The zero-order valence-electron chi connectivity index (χ0n) is 11.6. The van der Waals surface area contributed by atoms with Crippen LogP contribution in [0, 0.1) is 17.6 Å². The molecule has 1 N–H and O–H groups in total. The number of aliphatic carboxylic acids is 1. The molecule has 2 atom stereocenters. The summed E-state index contributed by atoms with van der Waals surface area (Å²) in [5, 5.41) is 9.05. The monoisotopic (exact) mass is 397 g/mol. The Morgan fingerprint density at radius 1 is 1.32 bits per heavy atom. The van der Waals surface area contributed by atoms with Gasteiger partial charge in [-0.15, -0.1) is 0 Å². The molecule has 1 aliphatic heterocycles. The highest BCUT2D eigenvalue weighted by atomic mass is 79.9. The molecule has 0 bridgehead atoms. The first-order valence-electron chi connectivity index (χ1n) is 6.53. The van der Waals surface area contributed by atoms with Crippen LogP contribution in [0.4, 0.5) is 8.78 Å². The second-order valence-corrected chi connectivity index (χ2v) is 7.95. The smallest absolute Gasteiger partial charge is 0.307 e. The maximum atomic E-state index is 13.9. The molecule has 0 saturated carbocycles. The molecule has 9 heteroatoms. The van der Waals surface area contributed by atoms with Gasteiger partial charge in [-0.2, -0.15) is 4.31 Å². The van der Waals surface area contributed by atoms with Crippen molar-refractivity contribution < 1.29 is 27.1 Å². The fourth-order valence-corrected chi connectivity index (χ4v) is 4.52. The van der Waals surface area contributed by atoms with Crippen molar-refractivity contribution in [2.24, 2.45) is 5.92 Å². The van der Waals surface area contributed by atoms with Gasteiger partial charge in [0.05, 0.1) is 10.4 Å². The number of rotatable bonds is 3. The van der Waals surface area contributed by atoms with E-state index in [1.165, 1.54) is 0 Å². The summed E-state index contributed by atoms with van der Waals surface area (Å²) < 4.78 is 53.4. The lowest BCUT2D eigenvalue weighted by atomic mass is 9.96. The van der Waals surface area contributed by atoms with Crippen molar-refractivity contribution in [3.05, 3.63) is 28.2 Å². The molecule has 0 spiro atoms. The van der Waals surface area contributed by atoms with Crippen LogP contribution in [0.2, 0.25) is 0 Å². The average Bonchev–Trinajstić information content (AvgIpc) is 2.42. The number of carboxylic acids is 1. The second kappa shape index (κ2) is 6.21. The molecule has 1 aromatic carbocycles. The summed E-state index contributed by atoms with van der Waals surface area (Å²) in [4.78, 5) is 10.3. The minimum Gasteiger partial charge on any atom is -0.481 e. The predicted octanol–water partition coefficient (Wildman–Crippen LogP) is 2.60. The van der Waals surface area contributed by atoms with Crippen molar-refractivity contribution in [3.8, 4) is 0 Å². The summed E-state index contributed by atoms with van der Waals surface area (Å²) in [5.41, 5.74) is 0. The molecule has 5 nitrogen and oxygen atoms in total. The molecule has 2 unspecified atom stereocenters. The van der Waals surface area contributed by atoms with Gasteiger partial charge in [0.15, 0.2) is 0 Å². The molecule has 0 radical (unpaired) electrons. The first-order chi connectivity index (χ1) is 10.1. The number of carbonyl (C=O) groups is 1. The highest BCUT2D eigenvalue weighted by molar-refractivity contribution is 9.10. The molecular weight excluding hydrogens is 384 g/mol. The van der Waals surface area contributed by atoms with Gasteiger partial charge < -0.3 is 5.11 Å². The van der Waals surface area contributed by atoms with E-state index in [1.807, 2.05) is 0 Å². The van der Waals surface area contributed by atoms with Gasteiger partial charge in [0.25, 0.3) is 0 Å². The molecule has 2 rings (SSSR count). The van der Waals surface area contributed by atoms with Crippen molar-refractivity contribution in [3.63, 3.8) is 0 Å². The molecule has 22 heavy (non-hydrogen) atoms. The number of sulfonamides is 1. The maximum absolute atomic E-state index is 13.9. The third-order valence-electron chi connectivity index (χ3n) is 3.74. The van der Waals surface area contributed by atoms with E-state index < -0.39 is 44.5 Å². The van der Waals surface area contributed by atoms with E-state index in [1.54, 1.807) is 6.92 Å². The van der Waals surface area contributed by atoms with Crippen LogP contribution in [0.15, 0.2) is 21.5 Å². The van der Waals surface area contributed by atoms with Crippen LogP contribution in [0.1, 0.15) is 19.8 Å². The fraction of sp³-hybridized carbons (Fsp3) is 0.462. The van der Waals surface area contributed by atoms with Gasteiger partial charge in [-0.1, -0.05) is 0 Å². The Bertz CT molecular complexity index is 710. The van der Waals surface area contributed by atoms with Gasteiger partial charge in [-0.05, 0) is 47.8 Å². The first-order valence-corrected chi connectivity index (χ1v) is 8.77. The largest absolute Gasteiger partial charge is 0.481 e. The third-order valence-corrected chi connectivity index (χ3v) is 6.34. The standard InChI is InChI=1S/C13H14BrF2NO4S/c1-7-2-3-8(13(18)19)6-17(7)22(20,21)12-5-10(15)9(14)4-11(12)16/h4-5,7-8H,2-3,6H2,1H3,(H,18,19). The van der Waals surface area contributed by atoms with E-state index >= 15 is 0 Å². The number of benzene rings is 1. The number of hydrogen-bond donors (Lipinski definition) is 1. The van der Waals surface area contributed by atoms with E-state index in [0.29, 0.717) is 18.9 Å². The summed E-state index contributed by atoms with van der Waals surface area (Å²) in [5.74, 6) is -3.94. The van der Waals surface area contributed by atoms with Crippen molar-refractivity contribution in [2.45, 2.75) is 30.7 Å². The number of hydrogen-bond acceptors (Lipinski definition) is 3. The minimum absolute atomic E-state index is 0.181. The molecule has 0 aliphatic carbocycles. The Morgan fingerprint density at radius 2 is 1.95 bits per heavy atom. The molecule has 0 amide bonds. The van der Waals surface area contributed by atoms with E-state index in [2.05, 4.69) is 15.9 Å².